The van der Waals surface area contributed by atoms with Crippen LogP contribution in [0.2, 0.25) is 0 Å². The van der Waals surface area contributed by atoms with Crippen molar-refractivity contribution in [3.8, 4) is 0 Å². The third-order valence-electron chi connectivity index (χ3n) is 5.77. The lowest BCUT2D eigenvalue weighted by atomic mass is 9.83. The molecule has 148 valence electrons. The van der Waals surface area contributed by atoms with Crippen molar-refractivity contribution in [3.05, 3.63) is 29.8 Å². The fraction of sp³-hybridized carbons (Fsp3) is 0.600. The first-order valence-electron chi connectivity index (χ1n) is 9.58. The molecule has 0 unspecified atom stereocenters. The highest BCUT2D eigenvalue weighted by atomic mass is 32.2. The van der Waals surface area contributed by atoms with E-state index in [0.29, 0.717) is 39.0 Å². The van der Waals surface area contributed by atoms with Gasteiger partial charge in [0.05, 0.1) is 4.90 Å². The first kappa shape index (κ1) is 19.9. The molecule has 0 aromatic heterocycles. The first-order chi connectivity index (χ1) is 12.7. The standard InChI is InChI=1S/C20H28N2O4S/c1-15(2)18(23)21-11-13-22(14-12-21)19(24)20(9-4-10-20)27(25,26)17-7-5-16(3)6-8-17/h5-8,15H,4,9-14H2,1-3H3. The highest BCUT2D eigenvalue weighted by Gasteiger charge is 2.57. The molecule has 1 saturated carbocycles. The Morgan fingerprint density at radius 1 is 0.963 bits per heavy atom. The van der Waals surface area contributed by atoms with E-state index in [1.54, 1.807) is 34.1 Å². The van der Waals surface area contributed by atoms with Gasteiger partial charge in [-0.15, -0.1) is 0 Å². The Hall–Kier alpha value is -1.89. The molecule has 1 aliphatic carbocycles. The van der Waals surface area contributed by atoms with Crippen molar-refractivity contribution in [2.75, 3.05) is 26.2 Å². The van der Waals surface area contributed by atoms with E-state index in [9.17, 15) is 18.0 Å². The quantitative estimate of drug-likeness (QED) is 0.786. The topological polar surface area (TPSA) is 74.8 Å². The van der Waals surface area contributed by atoms with Gasteiger partial charge in [-0.2, -0.15) is 0 Å². The number of sulfone groups is 1. The van der Waals surface area contributed by atoms with Gasteiger partial charge in [-0.3, -0.25) is 9.59 Å². The number of hydrogen-bond donors (Lipinski definition) is 0. The summed E-state index contributed by atoms with van der Waals surface area (Å²) in [5.41, 5.74) is 0.980. The molecule has 0 atom stereocenters. The SMILES string of the molecule is Cc1ccc(S(=O)(=O)C2(C(=O)N3CCN(C(=O)C(C)C)CC3)CCC2)cc1. The first-order valence-corrected chi connectivity index (χ1v) is 11.1. The molecule has 0 spiro atoms. The Morgan fingerprint density at radius 2 is 1.48 bits per heavy atom. The molecule has 1 aromatic carbocycles. The van der Waals surface area contributed by atoms with Crippen LogP contribution in [0.4, 0.5) is 0 Å². The number of piperazine rings is 1. The maximum atomic E-state index is 13.3. The lowest BCUT2D eigenvalue weighted by Gasteiger charge is -2.45. The molecule has 3 rings (SSSR count). The Bertz CT molecular complexity index is 818. The zero-order valence-corrected chi connectivity index (χ0v) is 17.1. The maximum Gasteiger partial charge on any atom is 0.244 e. The van der Waals surface area contributed by atoms with Gasteiger partial charge in [-0.25, -0.2) is 8.42 Å². The predicted molar refractivity (Wildman–Crippen MR) is 103 cm³/mol. The lowest BCUT2D eigenvalue weighted by molar-refractivity contribution is -0.144. The van der Waals surface area contributed by atoms with E-state index >= 15 is 0 Å². The van der Waals surface area contributed by atoms with Crippen LogP contribution in [0.1, 0.15) is 38.7 Å². The van der Waals surface area contributed by atoms with Crippen LogP contribution in [0.5, 0.6) is 0 Å². The summed E-state index contributed by atoms with van der Waals surface area (Å²) >= 11 is 0. The van der Waals surface area contributed by atoms with Gasteiger partial charge < -0.3 is 9.80 Å². The summed E-state index contributed by atoms with van der Waals surface area (Å²) in [5.74, 6) is -0.300. The van der Waals surface area contributed by atoms with Crippen LogP contribution in [-0.2, 0) is 19.4 Å². The number of carbonyl (C=O) groups is 2. The Balaban J connectivity index is 1.78. The van der Waals surface area contributed by atoms with Gasteiger partial charge in [0.25, 0.3) is 0 Å². The second kappa shape index (κ2) is 7.26. The van der Waals surface area contributed by atoms with Gasteiger partial charge in [-0.05, 0) is 38.3 Å². The van der Waals surface area contributed by atoms with Crippen LogP contribution in [0.3, 0.4) is 0 Å². The predicted octanol–water partition coefficient (Wildman–Crippen LogP) is 2.02. The number of benzene rings is 1. The van der Waals surface area contributed by atoms with Crippen LogP contribution in [0.25, 0.3) is 0 Å². The van der Waals surface area contributed by atoms with E-state index in [-0.39, 0.29) is 22.6 Å². The number of hydrogen-bond acceptors (Lipinski definition) is 4. The molecular weight excluding hydrogens is 364 g/mol. The Labute approximate surface area is 161 Å². The molecule has 1 aliphatic heterocycles. The summed E-state index contributed by atoms with van der Waals surface area (Å²) in [5, 5.41) is 0. The van der Waals surface area contributed by atoms with Crippen molar-refractivity contribution < 1.29 is 18.0 Å². The van der Waals surface area contributed by atoms with Gasteiger partial charge in [-0.1, -0.05) is 31.5 Å². The molecule has 27 heavy (non-hydrogen) atoms. The van der Waals surface area contributed by atoms with Crippen LogP contribution < -0.4 is 0 Å². The average molecular weight is 393 g/mol. The summed E-state index contributed by atoms with van der Waals surface area (Å²) < 4.78 is 25.2. The van der Waals surface area contributed by atoms with Crippen molar-refractivity contribution >= 4 is 21.7 Å². The van der Waals surface area contributed by atoms with E-state index in [1.807, 2.05) is 20.8 Å². The minimum Gasteiger partial charge on any atom is -0.339 e. The normalized spacial score (nSPS) is 19.7. The van der Waals surface area contributed by atoms with E-state index in [4.69, 9.17) is 0 Å². The smallest absolute Gasteiger partial charge is 0.244 e. The zero-order valence-electron chi connectivity index (χ0n) is 16.3. The highest BCUT2D eigenvalue weighted by molar-refractivity contribution is 7.93. The Morgan fingerprint density at radius 3 is 1.93 bits per heavy atom. The van der Waals surface area contributed by atoms with Gasteiger partial charge in [0, 0.05) is 32.1 Å². The van der Waals surface area contributed by atoms with Crippen molar-refractivity contribution in [2.45, 2.75) is 49.7 Å². The second-order valence-electron chi connectivity index (χ2n) is 7.94. The number of amides is 2. The van der Waals surface area contributed by atoms with Gasteiger partial charge >= 0.3 is 0 Å². The van der Waals surface area contributed by atoms with Crippen molar-refractivity contribution in [2.24, 2.45) is 5.92 Å². The number of aryl methyl sites for hydroxylation is 1. The average Bonchev–Trinajstić information content (AvgIpc) is 2.60. The Kier molecular flexibility index (Phi) is 5.34. The number of carbonyl (C=O) groups excluding carboxylic acids is 2. The molecule has 0 radical (unpaired) electrons. The van der Waals surface area contributed by atoms with Crippen molar-refractivity contribution in [1.29, 1.82) is 0 Å². The molecule has 7 heteroatoms. The molecule has 1 saturated heterocycles. The van der Waals surface area contributed by atoms with Gasteiger partial charge in [0.15, 0.2) is 14.6 Å². The zero-order chi connectivity index (χ0) is 19.8. The molecule has 1 aromatic rings. The summed E-state index contributed by atoms with van der Waals surface area (Å²) in [4.78, 5) is 29.0. The van der Waals surface area contributed by atoms with E-state index in [0.717, 1.165) is 12.0 Å². The summed E-state index contributed by atoms with van der Waals surface area (Å²) in [6.07, 6.45) is 1.48. The molecular formula is C20H28N2O4S. The summed E-state index contributed by atoms with van der Waals surface area (Å²) in [7, 11) is -3.74. The largest absolute Gasteiger partial charge is 0.339 e. The highest BCUT2D eigenvalue weighted by Crippen LogP contribution is 2.44. The third kappa shape index (κ3) is 3.37. The van der Waals surface area contributed by atoms with E-state index < -0.39 is 14.6 Å². The van der Waals surface area contributed by atoms with Crippen LogP contribution in [0, 0.1) is 12.8 Å². The molecule has 2 fully saturated rings. The molecule has 2 aliphatic rings. The lowest BCUT2D eigenvalue weighted by Crippen LogP contribution is -2.61. The van der Waals surface area contributed by atoms with Crippen molar-refractivity contribution in [3.63, 3.8) is 0 Å². The molecule has 2 amide bonds. The second-order valence-corrected chi connectivity index (χ2v) is 10.2. The molecule has 1 heterocycles. The number of nitrogens with zero attached hydrogens (tertiary/aromatic N) is 2. The number of rotatable bonds is 4. The third-order valence-corrected chi connectivity index (χ3v) is 8.27. The maximum absolute atomic E-state index is 13.3. The fourth-order valence-corrected chi connectivity index (χ4v) is 5.95. The monoisotopic (exact) mass is 392 g/mol. The molecule has 0 bridgehead atoms. The van der Waals surface area contributed by atoms with Crippen LogP contribution in [0.15, 0.2) is 29.2 Å². The van der Waals surface area contributed by atoms with Crippen LogP contribution in [-0.4, -0.2) is 61.0 Å². The molecule has 0 N–H and O–H groups in total. The fourth-order valence-electron chi connectivity index (χ4n) is 3.82. The van der Waals surface area contributed by atoms with Crippen LogP contribution >= 0.6 is 0 Å². The summed E-state index contributed by atoms with van der Waals surface area (Å²) in [6.45, 7) is 7.32. The summed E-state index contributed by atoms with van der Waals surface area (Å²) in [6, 6.07) is 6.72. The van der Waals surface area contributed by atoms with Crippen molar-refractivity contribution in [1.82, 2.24) is 9.80 Å². The van der Waals surface area contributed by atoms with Gasteiger partial charge in [0.2, 0.25) is 11.8 Å². The minimum absolute atomic E-state index is 0.0766. The van der Waals surface area contributed by atoms with E-state index in [2.05, 4.69) is 0 Å². The molecule has 6 nitrogen and oxygen atoms in total. The minimum atomic E-state index is -3.74. The van der Waals surface area contributed by atoms with Gasteiger partial charge in [0.1, 0.15) is 0 Å². The van der Waals surface area contributed by atoms with E-state index in [1.165, 1.54) is 0 Å².